The molecule has 0 saturated heterocycles. The van der Waals surface area contributed by atoms with Gasteiger partial charge in [0.25, 0.3) is 5.69 Å². The third-order valence-corrected chi connectivity index (χ3v) is 1.92. The first kappa shape index (κ1) is 9.64. The zero-order valence-corrected chi connectivity index (χ0v) is 7.50. The van der Waals surface area contributed by atoms with E-state index in [1.165, 1.54) is 6.07 Å². The maximum Gasteiger partial charge on any atom is 0.275 e. The van der Waals surface area contributed by atoms with Crippen molar-refractivity contribution in [3.05, 3.63) is 38.9 Å². The van der Waals surface area contributed by atoms with E-state index in [1.54, 1.807) is 19.9 Å². The minimum atomic E-state index is -0.789. The van der Waals surface area contributed by atoms with Gasteiger partial charge in [0.15, 0.2) is 0 Å². The van der Waals surface area contributed by atoms with Crippen LogP contribution in [-0.4, -0.2) is 4.92 Å². The maximum atomic E-state index is 12.4. The van der Waals surface area contributed by atoms with Gasteiger partial charge in [-0.2, -0.15) is 0 Å². The summed E-state index contributed by atoms with van der Waals surface area (Å²) < 4.78 is 12.4. The van der Waals surface area contributed by atoms with Gasteiger partial charge in [-0.3, -0.25) is 10.1 Å². The monoisotopic (exact) mass is 183 g/mol. The molecule has 4 heteroatoms. The van der Waals surface area contributed by atoms with E-state index < -0.39 is 11.6 Å². The Balaban J connectivity index is 3.38. The number of nitro benzene ring substituents is 1. The fourth-order valence-electron chi connectivity index (χ4n) is 1.31. The number of nitrogens with zero attached hydrogens (tertiary/aromatic N) is 1. The van der Waals surface area contributed by atoms with Crippen LogP contribution in [-0.2, 0) is 6.67 Å². The molecule has 0 unspecified atom stereocenters. The highest BCUT2D eigenvalue weighted by molar-refractivity contribution is 5.47. The molecule has 0 amide bonds. The lowest BCUT2D eigenvalue weighted by Crippen LogP contribution is -1.97. The Morgan fingerprint density at radius 1 is 1.46 bits per heavy atom. The van der Waals surface area contributed by atoms with Gasteiger partial charge in [0.2, 0.25) is 0 Å². The summed E-state index contributed by atoms with van der Waals surface area (Å²) in [5.74, 6) is 0. The van der Waals surface area contributed by atoms with Crippen LogP contribution in [0.3, 0.4) is 0 Å². The summed E-state index contributed by atoms with van der Waals surface area (Å²) in [4.78, 5) is 9.98. The second kappa shape index (κ2) is 3.51. The maximum absolute atomic E-state index is 12.4. The second-order valence-corrected chi connectivity index (χ2v) is 2.97. The van der Waals surface area contributed by atoms with Crippen LogP contribution in [0.4, 0.5) is 10.1 Å². The van der Waals surface area contributed by atoms with Crippen LogP contribution in [0.1, 0.15) is 16.7 Å². The van der Waals surface area contributed by atoms with Crippen molar-refractivity contribution < 1.29 is 9.31 Å². The topological polar surface area (TPSA) is 43.1 Å². The summed E-state index contributed by atoms with van der Waals surface area (Å²) in [5.41, 5.74) is 1.46. The van der Waals surface area contributed by atoms with Gasteiger partial charge in [-0.1, -0.05) is 6.07 Å². The summed E-state index contributed by atoms with van der Waals surface area (Å²) in [5, 5.41) is 10.5. The van der Waals surface area contributed by atoms with Crippen molar-refractivity contribution in [2.45, 2.75) is 20.5 Å². The molecule has 0 saturated carbocycles. The summed E-state index contributed by atoms with van der Waals surface area (Å²) in [6.07, 6.45) is 0. The van der Waals surface area contributed by atoms with Crippen molar-refractivity contribution in [3.63, 3.8) is 0 Å². The van der Waals surface area contributed by atoms with Gasteiger partial charge in [0.1, 0.15) is 6.67 Å². The Kier molecular flexibility index (Phi) is 2.60. The van der Waals surface area contributed by atoms with Crippen LogP contribution in [0.15, 0.2) is 12.1 Å². The van der Waals surface area contributed by atoms with Crippen LogP contribution < -0.4 is 0 Å². The summed E-state index contributed by atoms with van der Waals surface area (Å²) in [6.45, 7) is 2.64. The standard InChI is InChI=1S/C9H10FNO2/c1-6-3-7(2)8(5-10)9(4-6)11(12)13/h3-4H,5H2,1-2H3. The largest absolute Gasteiger partial charge is 0.275 e. The highest BCUT2D eigenvalue weighted by Crippen LogP contribution is 2.24. The Morgan fingerprint density at radius 3 is 2.54 bits per heavy atom. The van der Waals surface area contributed by atoms with Crippen LogP contribution in [0.25, 0.3) is 0 Å². The molecule has 3 nitrogen and oxygen atoms in total. The van der Waals surface area contributed by atoms with Gasteiger partial charge < -0.3 is 0 Å². The van der Waals surface area contributed by atoms with E-state index in [-0.39, 0.29) is 11.3 Å². The third-order valence-electron chi connectivity index (χ3n) is 1.92. The Morgan fingerprint density at radius 2 is 2.08 bits per heavy atom. The Hall–Kier alpha value is -1.45. The van der Waals surface area contributed by atoms with Crippen LogP contribution in [0, 0.1) is 24.0 Å². The average Bonchev–Trinajstić information content (AvgIpc) is 2.02. The number of benzene rings is 1. The highest BCUT2D eigenvalue weighted by Gasteiger charge is 2.15. The average molecular weight is 183 g/mol. The molecule has 1 rings (SSSR count). The molecule has 1 aromatic carbocycles. The second-order valence-electron chi connectivity index (χ2n) is 2.97. The van der Waals surface area contributed by atoms with Crippen LogP contribution in [0.5, 0.6) is 0 Å². The summed E-state index contributed by atoms with van der Waals surface area (Å²) in [7, 11) is 0. The molecular formula is C9H10FNO2. The molecule has 0 atom stereocenters. The Labute approximate surface area is 75.3 Å². The molecule has 0 spiro atoms. The lowest BCUT2D eigenvalue weighted by Gasteiger charge is -2.03. The third kappa shape index (κ3) is 1.83. The first-order valence-corrected chi connectivity index (χ1v) is 3.86. The lowest BCUT2D eigenvalue weighted by molar-refractivity contribution is -0.385. The zero-order chi connectivity index (χ0) is 10.0. The van der Waals surface area contributed by atoms with Gasteiger partial charge in [-0.15, -0.1) is 0 Å². The van der Waals surface area contributed by atoms with Crippen molar-refractivity contribution in [1.82, 2.24) is 0 Å². The fourth-order valence-corrected chi connectivity index (χ4v) is 1.31. The van der Waals surface area contributed by atoms with E-state index in [4.69, 9.17) is 0 Å². The van der Waals surface area contributed by atoms with Crippen molar-refractivity contribution in [2.24, 2.45) is 0 Å². The predicted octanol–water partition coefficient (Wildman–Crippen LogP) is 2.68. The number of rotatable bonds is 2. The molecule has 0 radical (unpaired) electrons. The molecule has 0 aromatic heterocycles. The molecule has 0 heterocycles. The van der Waals surface area contributed by atoms with Crippen LogP contribution >= 0.6 is 0 Å². The minimum absolute atomic E-state index is 0.125. The van der Waals surface area contributed by atoms with Crippen molar-refractivity contribution in [1.29, 1.82) is 0 Å². The fraction of sp³-hybridized carbons (Fsp3) is 0.333. The number of halogens is 1. The van der Waals surface area contributed by atoms with E-state index in [9.17, 15) is 14.5 Å². The zero-order valence-electron chi connectivity index (χ0n) is 7.50. The predicted molar refractivity (Wildman–Crippen MR) is 47.4 cm³/mol. The molecule has 0 bridgehead atoms. The quantitative estimate of drug-likeness (QED) is 0.522. The molecular weight excluding hydrogens is 173 g/mol. The number of aryl methyl sites for hydroxylation is 2. The number of nitro groups is 1. The molecule has 1 aromatic rings. The SMILES string of the molecule is Cc1cc(C)c(CF)c([N+](=O)[O-])c1. The van der Waals surface area contributed by atoms with E-state index in [0.29, 0.717) is 5.56 Å². The number of hydrogen-bond acceptors (Lipinski definition) is 2. The molecule has 0 aliphatic rings. The van der Waals surface area contributed by atoms with Gasteiger partial charge in [0, 0.05) is 6.07 Å². The molecule has 13 heavy (non-hydrogen) atoms. The first-order valence-electron chi connectivity index (χ1n) is 3.86. The smallest absolute Gasteiger partial charge is 0.258 e. The number of alkyl halides is 1. The van der Waals surface area contributed by atoms with E-state index >= 15 is 0 Å². The molecule has 0 fully saturated rings. The van der Waals surface area contributed by atoms with E-state index in [0.717, 1.165) is 5.56 Å². The van der Waals surface area contributed by atoms with Gasteiger partial charge in [0.05, 0.1) is 10.5 Å². The van der Waals surface area contributed by atoms with Gasteiger partial charge in [-0.25, -0.2) is 4.39 Å². The molecule has 70 valence electrons. The Bertz CT molecular complexity index is 350. The molecule has 0 aliphatic heterocycles. The number of hydrogen-bond donors (Lipinski definition) is 0. The van der Waals surface area contributed by atoms with Gasteiger partial charge in [-0.05, 0) is 25.0 Å². The van der Waals surface area contributed by atoms with Crippen molar-refractivity contribution in [2.75, 3.05) is 0 Å². The van der Waals surface area contributed by atoms with Crippen molar-refractivity contribution in [3.8, 4) is 0 Å². The van der Waals surface area contributed by atoms with E-state index in [1.807, 2.05) is 0 Å². The molecule has 0 aliphatic carbocycles. The minimum Gasteiger partial charge on any atom is -0.258 e. The summed E-state index contributed by atoms with van der Waals surface area (Å²) in [6, 6.07) is 3.13. The summed E-state index contributed by atoms with van der Waals surface area (Å²) >= 11 is 0. The highest BCUT2D eigenvalue weighted by atomic mass is 19.1. The normalized spacial score (nSPS) is 10.1. The molecule has 0 N–H and O–H groups in total. The van der Waals surface area contributed by atoms with Crippen molar-refractivity contribution >= 4 is 5.69 Å². The van der Waals surface area contributed by atoms with Crippen LogP contribution in [0.2, 0.25) is 0 Å². The van der Waals surface area contributed by atoms with Gasteiger partial charge >= 0.3 is 0 Å². The van der Waals surface area contributed by atoms with E-state index in [2.05, 4.69) is 0 Å². The first-order chi connectivity index (χ1) is 6.06. The lowest BCUT2D eigenvalue weighted by atomic mass is 10.0.